The van der Waals surface area contributed by atoms with Crippen molar-refractivity contribution < 1.29 is 5.11 Å². The number of hydrogen-bond donors (Lipinski definition) is 2. The molecule has 1 rings (SSSR count). The van der Waals surface area contributed by atoms with E-state index >= 15 is 0 Å². The van der Waals surface area contributed by atoms with Crippen molar-refractivity contribution in [3.63, 3.8) is 0 Å². The first-order valence-corrected chi connectivity index (χ1v) is 7.08. The molecule has 0 aliphatic heterocycles. The minimum absolute atomic E-state index is 0.240. The van der Waals surface area contributed by atoms with E-state index in [1.165, 1.54) is 11.5 Å². The Bertz CT molecular complexity index is 364. The number of aliphatic hydroxyl groups excluding tert-OH is 1. The van der Waals surface area contributed by atoms with Gasteiger partial charge in [-0.25, -0.2) is 0 Å². The molecule has 16 heavy (non-hydrogen) atoms. The first-order chi connectivity index (χ1) is 7.79. The van der Waals surface area contributed by atoms with Gasteiger partial charge in [0, 0.05) is 18.9 Å². The molecule has 0 atom stereocenters. The fourth-order valence-corrected chi connectivity index (χ4v) is 2.74. The lowest BCUT2D eigenvalue weighted by molar-refractivity contribution is 0.296. The number of halogens is 1. The van der Waals surface area contributed by atoms with Crippen LogP contribution in [0.25, 0.3) is 0 Å². The Hall–Kier alpha value is -0.480. The van der Waals surface area contributed by atoms with E-state index in [4.69, 9.17) is 22.0 Å². The molecule has 0 spiro atoms. The van der Waals surface area contributed by atoms with Gasteiger partial charge in [-0.1, -0.05) is 11.6 Å². The SMILES string of the molecule is N#Cc1c(Cl)nsc1NCCSCCCO. The van der Waals surface area contributed by atoms with E-state index in [-0.39, 0.29) is 11.8 Å². The van der Waals surface area contributed by atoms with Crippen LogP contribution in [0.5, 0.6) is 0 Å². The van der Waals surface area contributed by atoms with Crippen molar-refractivity contribution in [1.29, 1.82) is 5.26 Å². The zero-order valence-corrected chi connectivity index (χ0v) is 11.0. The van der Waals surface area contributed by atoms with E-state index in [1.807, 2.05) is 6.07 Å². The second-order valence-corrected chi connectivity index (χ2v) is 5.26. The summed E-state index contributed by atoms with van der Waals surface area (Å²) in [6.07, 6.45) is 0.820. The molecule has 88 valence electrons. The molecule has 1 aromatic rings. The first kappa shape index (κ1) is 13.6. The second-order valence-electron chi connectivity index (χ2n) is 2.91. The van der Waals surface area contributed by atoms with Gasteiger partial charge in [-0.2, -0.15) is 21.4 Å². The minimum atomic E-state index is 0.240. The average molecular weight is 278 g/mol. The number of aliphatic hydroxyl groups is 1. The van der Waals surface area contributed by atoms with Gasteiger partial charge in [-0.15, -0.1) is 0 Å². The first-order valence-electron chi connectivity index (χ1n) is 4.77. The van der Waals surface area contributed by atoms with Crippen LogP contribution >= 0.6 is 34.9 Å². The quantitative estimate of drug-likeness (QED) is 0.748. The Morgan fingerprint density at radius 1 is 1.56 bits per heavy atom. The van der Waals surface area contributed by atoms with Crippen molar-refractivity contribution in [2.45, 2.75) is 6.42 Å². The smallest absolute Gasteiger partial charge is 0.162 e. The molecular formula is C9H12ClN3OS2. The highest BCUT2D eigenvalue weighted by Gasteiger charge is 2.10. The Labute approximate surface area is 108 Å². The van der Waals surface area contributed by atoms with Gasteiger partial charge in [-0.3, -0.25) is 0 Å². The van der Waals surface area contributed by atoms with Gasteiger partial charge in [0.15, 0.2) is 5.15 Å². The predicted octanol–water partition coefficient (Wildman–Crippen LogP) is 2.20. The molecule has 0 fully saturated rings. The van der Waals surface area contributed by atoms with Gasteiger partial charge in [-0.05, 0) is 23.7 Å². The monoisotopic (exact) mass is 277 g/mol. The van der Waals surface area contributed by atoms with Gasteiger partial charge >= 0.3 is 0 Å². The maximum atomic E-state index is 8.82. The fraction of sp³-hybridized carbons (Fsp3) is 0.556. The van der Waals surface area contributed by atoms with E-state index < -0.39 is 0 Å². The molecule has 2 N–H and O–H groups in total. The number of rotatable bonds is 7. The molecule has 0 bridgehead atoms. The summed E-state index contributed by atoms with van der Waals surface area (Å²) in [6, 6.07) is 2.02. The van der Waals surface area contributed by atoms with Crippen LogP contribution in [0.4, 0.5) is 5.00 Å². The topological polar surface area (TPSA) is 68.9 Å². The number of nitrogens with one attached hydrogen (secondary N) is 1. The Morgan fingerprint density at radius 3 is 3.06 bits per heavy atom. The summed E-state index contributed by atoms with van der Waals surface area (Å²) in [6.45, 7) is 1.01. The third-order valence-electron chi connectivity index (χ3n) is 1.74. The lowest BCUT2D eigenvalue weighted by atomic mass is 10.4. The summed E-state index contributed by atoms with van der Waals surface area (Å²) in [7, 11) is 0. The number of thioether (sulfide) groups is 1. The van der Waals surface area contributed by atoms with Crippen molar-refractivity contribution in [2.24, 2.45) is 0 Å². The molecule has 0 saturated heterocycles. The summed E-state index contributed by atoms with van der Waals surface area (Å²) < 4.78 is 3.90. The predicted molar refractivity (Wildman–Crippen MR) is 69.4 cm³/mol. The molecule has 0 aromatic carbocycles. The highest BCUT2D eigenvalue weighted by Crippen LogP contribution is 2.27. The van der Waals surface area contributed by atoms with Crippen LogP contribution in [-0.4, -0.2) is 34.1 Å². The largest absolute Gasteiger partial charge is 0.396 e. The van der Waals surface area contributed by atoms with E-state index in [9.17, 15) is 0 Å². The Balaban J connectivity index is 2.25. The number of anilines is 1. The molecule has 1 aromatic heterocycles. The Kier molecular flexibility index (Phi) is 6.57. The molecule has 0 aliphatic carbocycles. The maximum Gasteiger partial charge on any atom is 0.162 e. The summed E-state index contributed by atoms with van der Waals surface area (Å²) in [5, 5.41) is 21.5. The Morgan fingerprint density at radius 2 is 2.38 bits per heavy atom. The van der Waals surface area contributed by atoms with Crippen LogP contribution in [0.15, 0.2) is 0 Å². The van der Waals surface area contributed by atoms with E-state index in [0.29, 0.717) is 5.56 Å². The molecule has 0 unspecified atom stereocenters. The summed E-state index contributed by atoms with van der Waals surface area (Å²) in [4.78, 5) is 0. The van der Waals surface area contributed by atoms with Gasteiger partial charge in [0.1, 0.15) is 16.6 Å². The van der Waals surface area contributed by atoms with Crippen molar-refractivity contribution in [3.8, 4) is 6.07 Å². The van der Waals surface area contributed by atoms with Crippen molar-refractivity contribution >= 4 is 39.9 Å². The lowest BCUT2D eigenvalue weighted by Gasteiger charge is -2.03. The number of hydrogen-bond acceptors (Lipinski definition) is 6. The molecular weight excluding hydrogens is 266 g/mol. The molecule has 7 heteroatoms. The molecule has 4 nitrogen and oxygen atoms in total. The van der Waals surface area contributed by atoms with Crippen molar-refractivity contribution in [2.75, 3.05) is 30.0 Å². The molecule has 1 heterocycles. The zero-order chi connectivity index (χ0) is 11.8. The summed E-state index contributed by atoms with van der Waals surface area (Å²) in [5.74, 6) is 1.88. The third-order valence-corrected chi connectivity index (χ3v) is 3.99. The highest BCUT2D eigenvalue weighted by atomic mass is 35.5. The van der Waals surface area contributed by atoms with E-state index in [1.54, 1.807) is 11.8 Å². The molecule has 0 radical (unpaired) electrons. The van der Waals surface area contributed by atoms with Crippen LogP contribution in [-0.2, 0) is 0 Å². The van der Waals surface area contributed by atoms with Gasteiger partial charge < -0.3 is 10.4 Å². The summed E-state index contributed by atoms with van der Waals surface area (Å²) in [5.41, 5.74) is 0.423. The van der Waals surface area contributed by atoms with Crippen molar-refractivity contribution in [3.05, 3.63) is 10.7 Å². The van der Waals surface area contributed by atoms with Crippen LogP contribution < -0.4 is 5.32 Å². The van der Waals surface area contributed by atoms with Crippen LogP contribution in [0, 0.1) is 11.3 Å². The fourth-order valence-electron chi connectivity index (χ4n) is 0.994. The molecule has 0 amide bonds. The lowest BCUT2D eigenvalue weighted by Crippen LogP contribution is -2.04. The third kappa shape index (κ3) is 4.18. The van der Waals surface area contributed by atoms with Gasteiger partial charge in [0.25, 0.3) is 0 Å². The number of aromatic nitrogens is 1. The average Bonchev–Trinajstić information content (AvgIpc) is 2.64. The summed E-state index contributed by atoms with van der Waals surface area (Å²) >= 11 is 8.70. The van der Waals surface area contributed by atoms with Gasteiger partial charge in [0.05, 0.1) is 0 Å². The van der Waals surface area contributed by atoms with Gasteiger partial charge in [0.2, 0.25) is 0 Å². The molecule has 0 saturated carbocycles. The highest BCUT2D eigenvalue weighted by molar-refractivity contribution is 7.99. The second kappa shape index (κ2) is 7.74. The van der Waals surface area contributed by atoms with Crippen molar-refractivity contribution in [1.82, 2.24) is 4.37 Å². The van der Waals surface area contributed by atoms with E-state index in [0.717, 1.165) is 29.5 Å². The minimum Gasteiger partial charge on any atom is -0.396 e. The normalized spacial score (nSPS) is 10.1. The van der Waals surface area contributed by atoms with Crippen LogP contribution in [0.3, 0.4) is 0 Å². The number of nitrogens with zero attached hydrogens (tertiary/aromatic N) is 2. The molecule has 0 aliphatic rings. The number of nitriles is 1. The van der Waals surface area contributed by atoms with Crippen LogP contribution in [0.2, 0.25) is 5.15 Å². The zero-order valence-electron chi connectivity index (χ0n) is 8.57. The van der Waals surface area contributed by atoms with E-state index in [2.05, 4.69) is 9.69 Å². The standard InChI is InChI=1S/C9H12ClN3OS2/c10-8-7(6-11)9(16-13-8)12-2-5-15-4-1-3-14/h12,14H,1-5H2. The van der Waals surface area contributed by atoms with Crippen LogP contribution in [0.1, 0.15) is 12.0 Å². The maximum absolute atomic E-state index is 8.82.